The lowest BCUT2D eigenvalue weighted by Gasteiger charge is -2.48. The van der Waals surface area contributed by atoms with Crippen LogP contribution in [0.2, 0.25) is 0 Å². The average Bonchev–Trinajstić information content (AvgIpc) is 2.71. The Labute approximate surface area is 204 Å². The lowest BCUT2D eigenvalue weighted by atomic mass is 9.63. The zero-order chi connectivity index (χ0) is 25.7. The molecule has 0 saturated carbocycles. The molecule has 0 radical (unpaired) electrons. The third kappa shape index (κ3) is 4.88. The molecule has 1 aliphatic heterocycles. The van der Waals surface area contributed by atoms with E-state index in [1.807, 2.05) is 27.7 Å². The summed E-state index contributed by atoms with van der Waals surface area (Å²) >= 11 is 0. The molecule has 0 fully saturated rings. The molecule has 1 aromatic rings. The van der Waals surface area contributed by atoms with E-state index in [1.165, 1.54) is 0 Å². The predicted molar refractivity (Wildman–Crippen MR) is 127 cm³/mol. The Hall–Kier alpha value is -3.42. The molecule has 2 N–H and O–H groups in total. The first kappa shape index (κ1) is 24.7. The summed E-state index contributed by atoms with van der Waals surface area (Å²) in [6, 6.07) is 6.78. The summed E-state index contributed by atoms with van der Waals surface area (Å²) in [6.45, 7) is 7.21. The first-order valence-electron chi connectivity index (χ1n) is 11.7. The Kier molecular flexibility index (Phi) is 6.11. The van der Waals surface area contributed by atoms with Gasteiger partial charge in [0.15, 0.2) is 18.2 Å². The Morgan fingerprint density at radius 3 is 1.77 bits per heavy atom. The highest BCUT2D eigenvalue weighted by molar-refractivity contribution is 6.07. The Morgan fingerprint density at radius 2 is 1.34 bits per heavy atom. The third-order valence-electron chi connectivity index (χ3n) is 6.89. The molecule has 186 valence electrons. The second-order valence-corrected chi connectivity index (χ2v) is 11.3. The second-order valence-electron chi connectivity index (χ2n) is 11.3. The van der Waals surface area contributed by atoms with Crippen LogP contribution in [0.5, 0.6) is 5.75 Å². The SMILES string of the molecule is CC1(C)CC(=O)C2=C(C1)N(CC(=O)O)C1=C(C(=O)CC(C)(C)C1)C2c1ccc(OCC(=O)O)cc1. The number of benzene rings is 1. The van der Waals surface area contributed by atoms with E-state index in [9.17, 15) is 24.3 Å². The van der Waals surface area contributed by atoms with Crippen LogP contribution >= 0.6 is 0 Å². The number of hydrogen-bond acceptors (Lipinski definition) is 6. The molecule has 0 spiro atoms. The molecule has 1 heterocycles. The molecule has 1 aromatic carbocycles. The van der Waals surface area contributed by atoms with Crippen molar-refractivity contribution in [3.8, 4) is 5.75 Å². The number of carboxylic acids is 2. The van der Waals surface area contributed by atoms with E-state index < -0.39 is 24.5 Å². The maximum absolute atomic E-state index is 13.6. The van der Waals surface area contributed by atoms with Gasteiger partial charge in [0.2, 0.25) is 0 Å². The zero-order valence-electron chi connectivity index (χ0n) is 20.5. The van der Waals surface area contributed by atoms with Gasteiger partial charge in [-0.1, -0.05) is 39.8 Å². The Balaban J connectivity index is 1.89. The first-order valence-corrected chi connectivity index (χ1v) is 11.7. The van der Waals surface area contributed by atoms with E-state index in [4.69, 9.17) is 9.84 Å². The van der Waals surface area contributed by atoms with Gasteiger partial charge in [0.1, 0.15) is 12.3 Å². The van der Waals surface area contributed by atoms with Gasteiger partial charge in [0.05, 0.1) is 0 Å². The summed E-state index contributed by atoms with van der Waals surface area (Å²) in [5.41, 5.74) is 2.43. The van der Waals surface area contributed by atoms with Crippen LogP contribution in [-0.4, -0.2) is 51.8 Å². The van der Waals surface area contributed by atoms with Crippen molar-refractivity contribution >= 4 is 23.5 Å². The number of Topliss-reactive ketones (excluding diaryl/α,β-unsaturated/α-hetero) is 2. The van der Waals surface area contributed by atoms with Crippen LogP contribution < -0.4 is 4.74 Å². The normalized spacial score (nSPS) is 21.5. The van der Waals surface area contributed by atoms with Crippen molar-refractivity contribution in [1.82, 2.24) is 4.90 Å². The van der Waals surface area contributed by atoms with E-state index in [-0.39, 0.29) is 28.9 Å². The van der Waals surface area contributed by atoms with Gasteiger partial charge in [-0.25, -0.2) is 4.79 Å². The highest BCUT2D eigenvalue weighted by Gasteiger charge is 2.49. The predicted octanol–water partition coefficient (Wildman–Crippen LogP) is 3.92. The van der Waals surface area contributed by atoms with Crippen LogP contribution in [0.3, 0.4) is 0 Å². The zero-order valence-corrected chi connectivity index (χ0v) is 20.5. The summed E-state index contributed by atoms with van der Waals surface area (Å²) in [5.74, 6) is -2.48. The van der Waals surface area contributed by atoms with Gasteiger partial charge < -0.3 is 19.8 Å². The van der Waals surface area contributed by atoms with E-state index >= 15 is 0 Å². The second kappa shape index (κ2) is 8.66. The third-order valence-corrected chi connectivity index (χ3v) is 6.89. The lowest BCUT2D eigenvalue weighted by Crippen LogP contribution is -2.45. The fourth-order valence-electron chi connectivity index (χ4n) is 5.61. The first-order chi connectivity index (χ1) is 16.3. The van der Waals surface area contributed by atoms with Crippen molar-refractivity contribution in [3.63, 3.8) is 0 Å². The van der Waals surface area contributed by atoms with Crippen LogP contribution in [0, 0.1) is 10.8 Å². The Morgan fingerprint density at radius 1 is 0.857 bits per heavy atom. The van der Waals surface area contributed by atoms with Crippen molar-refractivity contribution in [2.75, 3.05) is 13.2 Å². The highest BCUT2D eigenvalue weighted by Crippen LogP contribution is 2.54. The number of nitrogens with zero attached hydrogens (tertiary/aromatic N) is 1. The van der Waals surface area contributed by atoms with E-state index in [0.29, 0.717) is 54.0 Å². The standard InChI is InChI=1S/C27H31NO7/c1-26(2)9-17-24(19(29)11-26)23(15-5-7-16(8-6-15)35-14-22(33)34)25-18(28(17)13-21(31)32)10-27(3,4)12-20(25)30/h5-8,23H,9-14H2,1-4H3,(H,31,32)(H,33,34). The number of carboxylic acid groups (broad SMARTS) is 2. The lowest BCUT2D eigenvalue weighted by molar-refractivity contribution is -0.139. The van der Waals surface area contributed by atoms with Crippen LogP contribution in [0.15, 0.2) is 46.8 Å². The maximum atomic E-state index is 13.6. The topological polar surface area (TPSA) is 121 Å². The number of rotatable bonds is 6. The maximum Gasteiger partial charge on any atom is 0.341 e. The van der Waals surface area contributed by atoms with Crippen LogP contribution in [0.1, 0.15) is 64.9 Å². The minimum Gasteiger partial charge on any atom is -0.482 e. The van der Waals surface area contributed by atoms with Crippen LogP contribution in [-0.2, 0) is 19.2 Å². The molecule has 0 atom stereocenters. The van der Waals surface area contributed by atoms with Crippen molar-refractivity contribution in [2.45, 2.75) is 59.3 Å². The fourth-order valence-corrected chi connectivity index (χ4v) is 5.61. The number of allylic oxidation sites excluding steroid dienone is 4. The number of carbonyl (C=O) groups excluding carboxylic acids is 2. The number of ketones is 2. The van der Waals surface area contributed by atoms with Gasteiger partial charge >= 0.3 is 11.9 Å². The number of carbonyl (C=O) groups is 4. The van der Waals surface area contributed by atoms with E-state index in [1.54, 1.807) is 29.2 Å². The molecule has 4 rings (SSSR count). The molecule has 0 bridgehead atoms. The molecule has 0 amide bonds. The molecule has 0 unspecified atom stereocenters. The van der Waals surface area contributed by atoms with E-state index in [0.717, 1.165) is 5.56 Å². The Bertz CT molecular complexity index is 1120. The largest absolute Gasteiger partial charge is 0.482 e. The molecule has 2 aliphatic carbocycles. The average molecular weight is 482 g/mol. The molecule has 3 aliphatic rings. The summed E-state index contributed by atoms with van der Waals surface area (Å²) in [5, 5.41) is 18.6. The molecule has 8 nitrogen and oxygen atoms in total. The molecular formula is C27H31NO7. The van der Waals surface area contributed by atoms with Gasteiger partial charge in [0.25, 0.3) is 0 Å². The molecule has 0 aromatic heterocycles. The minimum absolute atomic E-state index is 0.0768. The van der Waals surface area contributed by atoms with Crippen molar-refractivity contribution in [2.24, 2.45) is 10.8 Å². The number of aliphatic carboxylic acids is 2. The van der Waals surface area contributed by atoms with E-state index in [2.05, 4.69) is 0 Å². The summed E-state index contributed by atoms with van der Waals surface area (Å²) in [7, 11) is 0. The van der Waals surface area contributed by atoms with Gasteiger partial charge in [-0.15, -0.1) is 0 Å². The van der Waals surface area contributed by atoms with Gasteiger partial charge in [-0.3, -0.25) is 14.4 Å². The van der Waals surface area contributed by atoms with Crippen LogP contribution in [0.4, 0.5) is 0 Å². The van der Waals surface area contributed by atoms with Gasteiger partial charge in [0, 0.05) is 41.3 Å². The fraction of sp³-hybridized carbons (Fsp3) is 0.481. The van der Waals surface area contributed by atoms with Crippen molar-refractivity contribution in [1.29, 1.82) is 0 Å². The van der Waals surface area contributed by atoms with Gasteiger partial charge in [-0.2, -0.15) is 0 Å². The minimum atomic E-state index is -1.09. The molecule has 8 heteroatoms. The highest BCUT2D eigenvalue weighted by atomic mass is 16.5. The summed E-state index contributed by atoms with van der Waals surface area (Å²) in [4.78, 5) is 51.5. The van der Waals surface area contributed by atoms with Crippen molar-refractivity contribution in [3.05, 3.63) is 52.4 Å². The monoisotopic (exact) mass is 481 g/mol. The van der Waals surface area contributed by atoms with Crippen LogP contribution in [0.25, 0.3) is 0 Å². The number of hydrogen-bond donors (Lipinski definition) is 2. The quantitative estimate of drug-likeness (QED) is 0.627. The summed E-state index contributed by atoms with van der Waals surface area (Å²) in [6.07, 6.45) is 1.68. The smallest absolute Gasteiger partial charge is 0.341 e. The summed E-state index contributed by atoms with van der Waals surface area (Å²) < 4.78 is 5.25. The molecular weight excluding hydrogens is 450 g/mol. The molecule has 35 heavy (non-hydrogen) atoms. The molecule has 0 saturated heterocycles. The number of ether oxygens (including phenoxy) is 1. The van der Waals surface area contributed by atoms with Gasteiger partial charge in [-0.05, 0) is 41.4 Å². The van der Waals surface area contributed by atoms with Crippen molar-refractivity contribution < 1.29 is 34.1 Å².